The predicted octanol–water partition coefficient (Wildman–Crippen LogP) is 4.74. The first-order valence-corrected chi connectivity index (χ1v) is 7.95. The maximum Gasteiger partial charge on any atom is 0.261 e. The topological polar surface area (TPSA) is 62.0 Å². The van der Waals surface area contributed by atoms with Crippen molar-refractivity contribution >= 4 is 34.8 Å². The van der Waals surface area contributed by atoms with Gasteiger partial charge in [-0.05, 0) is 60.2 Å². The Morgan fingerprint density at radius 2 is 1.60 bits per heavy atom. The summed E-state index contributed by atoms with van der Waals surface area (Å²) in [5.74, 6) is -0.965. The molecule has 0 saturated carbocycles. The molecule has 1 aromatic heterocycles. The van der Waals surface area contributed by atoms with Gasteiger partial charge in [-0.1, -0.05) is 23.2 Å². The number of aromatic nitrogens is 1. The Morgan fingerprint density at radius 3 is 2.20 bits per heavy atom. The Kier molecular flexibility index (Phi) is 4.88. The van der Waals surface area contributed by atoms with E-state index in [4.69, 9.17) is 23.2 Å². The highest BCUT2D eigenvalue weighted by Gasteiger charge is 2.12. The van der Waals surface area contributed by atoms with Crippen LogP contribution in [-0.4, -0.2) is 10.9 Å². The zero-order valence-electron chi connectivity index (χ0n) is 12.6. The molecule has 2 aromatic carbocycles. The molecule has 126 valence electrons. The van der Waals surface area contributed by atoms with Crippen molar-refractivity contribution in [2.45, 2.75) is 0 Å². The highest BCUT2D eigenvalue weighted by atomic mass is 35.5. The lowest BCUT2D eigenvalue weighted by Crippen LogP contribution is -2.23. The van der Waals surface area contributed by atoms with Crippen LogP contribution in [0.15, 0.2) is 59.4 Å². The van der Waals surface area contributed by atoms with Crippen LogP contribution in [0.3, 0.4) is 0 Å². The molecular formula is C18H11Cl2FN2O2. The Morgan fingerprint density at radius 1 is 0.960 bits per heavy atom. The number of carbonyl (C=O) groups excluding carboxylic acids is 1. The second-order valence-electron chi connectivity index (χ2n) is 5.23. The number of H-pyrrole nitrogens is 1. The Bertz CT molecular complexity index is 980. The van der Waals surface area contributed by atoms with E-state index in [1.807, 2.05) is 0 Å². The van der Waals surface area contributed by atoms with Gasteiger partial charge in [0, 0.05) is 21.4 Å². The van der Waals surface area contributed by atoms with Crippen LogP contribution in [0.4, 0.5) is 10.1 Å². The summed E-state index contributed by atoms with van der Waals surface area (Å²) < 4.78 is 13.0. The van der Waals surface area contributed by atoms with Gasteiger partial charge in [-0.2, -0.15) is 0 Å². The van der Waals surface area contributed by atoms with Gasteiger partial charge in [0.2, 0.25) is 0 Å². The first kappa shape index (κ1) is 17.2. The maximum absolute atomic E-state index is 13.0. The van der Waals surface area contributed by atoms with Crippen LogP contribution >= 0.6 is 23.2 Å². The molecule has 0 aliphatic rings. The largest absolute Gasteiger partial charge is 0.322 e. The predicted molar refractivity (Wildman–Crippen MR) is 96.9 cm³/mol. The van der Waals surface area contributed by atoms with Crippen molar-refractivity contribution in [3.8, 4) is 11.3 Å². The van der Waals surface area contributed by atoms with Crippen molar-refractivity contribution in [2.24, 2.45) is 0 Å². The number of anilines is 1. The summed E-state index contributed by atoms with van der Waals surface area (Å²) in [6.45, 7) is 0. The first-order chi connectivity index (χ1) is 11.9. The van der Waals surface area contributed by atoms with E-state index in [-0.39, 0.29) is 11.4 Å². The summed E-state index contributed by atoms with van der Waals surface area (Å²) in [7, 11) is 0. The number of amides is 1. The minimum absolute atomic E-state index is 0.0676. The maximum atomic E-state index is 13.0. The number of nitrogens with one attached hydrogen (secondary N) is 2. The van der Waals surface area contributed by atoms with Crippen LogP contribution in [0.2, 0.25) is 10.0 Å². The van der Waals surface area contributed by atoms with Gasteiger partial charge in [0.05, 0.1) is 0 Å². The van der Waals surface area contributed by atoms with Gasteiger partial charge in [0.1, 0.15) is 11.4 Å². The van der Waals surface area contributed by atoms with Gasteiger partial charge in [-0.25, -0.2) is 4.39 Å². The number of carbonyl (C=O) groups is 1. The number of hydrogen-bond acceptors (Lipinski definition) is 2. The molecule has 0 atom stereocenters. The highest BCUT2D eigenvalue weighted by molar-refractivity contribution is 6.35. The molecule has 0 saturated heterocycles. The summed E-state index contributed by atoms with van der Waals surface area (Å²) in [6, 6.07) is 13.2. The summed E-state index contributed by atoms with van der Waals surface area (Å²) >= 11 is 11.8. The van der Waals surface area contributed by atoms with Crippen LogP contribution in [0.25, 0.3) is 11.3 Å². The molecule has 2 N–H and O–H groups in total. The van der Waals surface area contributed by atoms with Gasteiger partial charge in [-0.15, -0.1) is 0 Å². The van der Waals surface area contributed by atoms with E-state index < -0.39 is 11.5 Å². The number of rotatable bonds is 3. The van der Waals surface area contributed by atoms with Crippen molar-refractivity contribution in [2.75, 3.05) is 5.32 Å². The molecule has 0 fully saturated rings. The molecule has 0 radical (unpaired) electrons. The fourth-order valence-electron chi connectivity index (χ4n) is 2.27. The van der Waals surface area contributed by atoms with Crippen molar-refractivity contribution in [1.82, 2.24) is 4.98 Å². The average molecular weight is 377 g/mol. The standard InChI is InChI=1S/C18H11Cl2FN2O2/c19-11-7-12(20)9-14(8-11)22-17(24)15-5-6-16(23-18(15)25)10-1-3-13(21)4-2-10/h1-9H,(H,22,24)(H,23,25). The summed E-state index contributed by atoms with van der Waals surface area (Å²) in [5, 5.41) is 3.30. The lowest BCUT2D eigenvalue weighted by Gasteiger charge is -2.07. The van der Waals surface area contributed by atoms with Gasteiger partial charge < -0.3 is 10.3 Å². The van der Waals surface area contributed by atoms with Crippen molar-refractivity contribution in [3.05, 3.63) is 86.4 Å². The molecule has 1 heterocycles. The van der Waals surface area contributed by atoms with Crippen molar-refractivity contribution < 1.29 is 9.18 Å². The van der Waals surface area contributed by atoms with E-state index >= 15 is 0 Å². The Labute approximate surface area is 152 Å². The van der Waals surface area contributed by atoms with E-state index in [9.17, 15) is 14.0 Å². The number of aromatic amines is 1. The summed E-state index contributed by atoms with van der Waals surface area (Å²) in [5.41, 5.74) is 0.860. The molecule has 0 spiro atoms. The molecule has 0 unspecified atom stereocenters. The van der Waals surface area contributed by atoms with Gasteiger partial charge in [0.15, 0.2) is 0 Å². The lowest BCUT2D eigenvalue weighted by atomic mass is 10.1. The molecule has 3 aromatic rings. The number of pyridine rings is 1. The van der Waals surface area contributed by atoms with Crippen LogP contribution in [-0.2, 0) is 0 Å². The molecular weight excluding hydrogens is 366 g/mol. The minimum Gasteiger partial charge on any atom is -0.322 e. The third-order valence-corrected chi connectivity index (χ3v) is 3.87. The molecule has 0 bridgehead atoms. The monoisotopic (exact) mass is 376 g/mol. The number of hydrogen-bond donors (Lipinski definition) is 2. The lowest BCUT2D eigenvalue weighted by molar-refractivity contribution is 0.102. The second kappa shape index (κ2) is 7.09. The SMILES string of the molecule is O=C(Nc1cc(Cl)cc(Cl)c1)c1ccc(-c2ccc(F)cc2)[nH]c1=O. The Hall–Kier alpha value is -2.63. The number of halogens is 3. The van der Waals surface area contributed by atoms with E-state index in [1.165, 1.54) is 48.5 Å². The summed E-state index contributed by atoms with van der Waals surface area (Å²) in [4.78, 5) is 27.1. The van der Waals surface area contributed by atoms with E-state index in [0.29, 0.717) is 27.0 Å². The fraction of sp³-hybridized carbons (Fsp3) is 0. The highest BCUT2D eigenvalue weighted by Crippen LogP contribution is 2.23. The summed E-state index contributed by atoms with van der Waals surface area (Å²) in [6.07, 6.45) is 0. The zero-order valence-corrected chi connectivity index (χ0v) is 14.2. The van der Waals surface area contributed by atoms with Crippen LogP contribution in [0, 0.1) is 5.82 Å². The third-order valence-electron chi connectivity index (χ3n) is 3.43. The van der Waals surface area contributed by atoms with E-state index in [2.05, 4.69) is 10.3 Å². The van der Waals surface area contributed by atoms with Crippen LogP contribution < -0.4 is 10.9 Å². The molecule has 4 nitrogen and oxygen atoms in total. The van der Waals surface area contributed by atoms with Gasteiger partial charge >= 0.3 is 0 Å². The smallest absolute Gasteiger partial charge is 0.261 e. The molecule has 0 aliphatic carbocycles. The first-order valence-electron chi connectivity index (χ1n) is 7.19. The number of benzene rings is 2. The fourth-order valence-corrected chi connectivity index (χ4v) is 2.80. The Balaban J connectivity index is 1.86. The van der Waals surface area contributed by atoms with Crippen molar-refractivity contribution in [1.29, 1.82) is 0 Å². The van der Waals surface area contributed by atoms with Crippen LogP contribution in [0.1, 0.15) is 10.4 Å². The molecule has 25 heavy (non-hydrogen) atoms. The molecule has 3 rings (SSSR count). The quantitative estimate of drug-likeness (QED) is 0.693. The third kappa shape index (κ3) is 4.07. The normalized spacial score (nSPS) is 10.5. The van der Waals surface area contributed by atoms with Gasteiger partial charge in [-0.3, -0.25) is 9.59 Å². The molecule has 7 heteroatoms. The van der Waals surface area contributed by atoms with Gasteiger partial charge in [0.25, 0.3) is 11.5 Å². The average Bonchev–Trinajstić information content (AvgIpc) is 2.54. The minimum atomic E-state index is -0.592. The molecule has 1 amide bonds. The van der Waals surface area contributed by atoms with E-state index in [0.717, 1.165) is 0 Å². The molecule has 0 aliphatic heterocycles. The second-order valence-corrected chi connectivity index (χ2v) is 6.11. The van der Waals surface area contributed by atoms with Crippen molar-refractivity contribution in [3.63, 3.8) is 0 Å². The zero-order chi connectivity index (χ0) is 18.0. The van der Waals surface area contributed by atoms with Crippen LogP contribution in [0.5, 0.6) is 0 Å². The van der Waals surface area contributed by atoms with E-state index in [1.54, 1.807) is 6.07 Å².